The van der Waals surface area contributed by atoms with Crippen LogP contribution in [0.15, 0.2) is 36.7 Å². The summed E-state index contributed by atoms with van der Waals surface area (Å²) in [6, 6.07) is 7.38. The van der Waals surface area contributed by atoms with Gasteiger partial charge in [0.25, 0.3) is 0 Å². The number of aromatic nitrogens is 2. The zero-order valence-corrected chi connectivity index (χ0v) is 12.2. The molecule has 0 radical (unpaired) electrons. The number of anilines is 1. The zero-order chi connectivity index (χ0) is 15.8. The Morgan fingerprint density at radius 1 is 1.18 bits per heavy atom. The van der Waals surface area contributed by atoms with Gasteiger partial charge < -0.3 is 19.9 Å². The molecule has 0 amide bonds. The van der Waals surface area contributed by atoms with E-state index < -0.39 is 5.97 Å². The third-order valence-corrected chi connectivity index (χ3v) is 2.83. The molecular formula is C15H17N3O4. The van der Waals surface area contributed by atoms with E-state index in [1.807, 2.05) is 24.3 Å². The molecule has 0 saturated heterocycles. The fourth-order valence-electron chi connectivity index (χ4n) is 1.68. The molecule has 0 unspecified atom stereocenters. The number of aromatic carboxylic acids is 1. The molecule has 1 aromatic carbocycles. The lowest BCUT2D eigenvalue weighted by Gasteiger charge is -2.08. The van der Waals surface area contributed by atoms with Gasteiger partial charge in [0, 0.05) is 6.54 Å². The van der Waals surface area contributed by atoms with Gasteiger partial charge in [-0.3, -0.25) is 0 Å². The molecule has 0 saturated carbocycles. The van der Waals surface area contributed by atoms with Gasteiger partial charge in [-0.2, -0.15) is 0 Å². The molecule has 0 aliphatic heterocycles. The first-order valence-electron chi connectivity index (χ1n) is 6.75. The average Bonchev–Trinajstić information content (AvgIpc) is 2.55. The molecule has 0 aliphatic carbocycles. The molecule has 0 aliphatic rings. The van der Waals surface area contributed by atoms with E-state index >= 15 is 0 Å². The molecule has 2 rings (SSSR count). The lowest BCUT2D eigenvalue weighted by molar-refractivity contribution is 0.0690. The van der Waals surface area contributed by atoms with Crippen LogP contribution in [0.3, 0.4) is 0 Å². The topological polar surface area (TPSA) is 93.6 Å². The fourth-order valence-corrected chi connectivity index (χ4v) is 1.68. The van der Waals surface area contributed by atoms with Crippen LogP contribution in [0.5, 0.6) is 11.5 Å². The number of carboxylic acid groups (broad SMARTS) is 1. The first kappa shape index (κ1) is 15.6. The van der Waals surface area contributed by atoms with E-state index in [9.17, 15) is 4.79 Å². The van der Waals surface area contributed by atoms with Crippen LogP contribution >= 0.6 is 0 Å². The highest BCUT2D eigenvalue weighted by Crippen LogP contribution is 2.17. The van der Waals surface area contributed by atoms with E-state index in [4.69, 9.17) is 14.6 Å². The second-order valence-electron chi connectivity index (χ2n) is 4.40. The summed E-state index contributed by atoms with van der Waals surface area (Å²) in [5, 5.41) is 11.8. The largest absolute Gasteiger partial charge is 0.497 e. The number of carbonyl (C=O) groups is 1. The van der Waals surface area contributed by atoms with Crippen LogP contribution in [-0.2, 0) is 0 Å². The Kier molecular flexibility index (Phi) is 5.53. The van der Waals surface area contributed by atoms with Crippen molar-refractivity contribution in [1.82, 2.24) is 9.97 Å². The van der Waals surface area contributed by atoms with Gasteiger partial charge in [0.15, 0.2) is 5.69 Å². The SMILES string of the molecule is COc1ccc(OCCCNc2cnc(C(=O)O)cn2)cc1. The standard InChI is InChI=1S/C15H17N3O4/c1-21-11-3-5-12(6-4-11)22-8-2-7-16-14-10-17-13(9-18-14)15(19)20/h3-6,9-10H,2,7-8H2,1H3,(H,16,18)(H,19,20). The predicted molar refractivity (Wildman–Crippen MR) is 80.6 cm³/mol. The molecule has 2 N–H and O–H groups in total. The maximum atomic E-state index is 10.6. The predicted octanol–water partition coefficient (Wildman–Crippen LogP) is 2.06. The fraction of sp³-hybridized carbons (Fsp3) is 0.267. The highest BCUT2D eigenvalue weighted by atomic mass is 16.5. The Bertz CT molecular complexity index is 599. The highest BCUT2D eigenvalue weighted by Gasteiger charge is 2.04. The van der Waals surface area contributed by atoms with Crippen molar-refractivity contribution in [2.75, 3.05) is 25.6 Å². The third kappa shape index (κ3) is 4.62. The second kappa shape index (κ2) is 7.82. The normalized spacial score (nSPS) is 10.0. The molecule has 0 spiro atoms. The number of methoxy groups -OCH3 is 1. The van der Waals surface area contributed by atoms with Crippen LogP contribution in [0.25, 0.3) is 0 Å². The number of hydrogen-bond donors (Lipinski definition) is 2. The van der Waals surface area contributed by atoms with Crippen molar-refractivity contribution >= 4 is 11.8 Å². The van der Waals surface area contributed by atoms with Crippen molar-refractivity contribution in [3.8, 4) is 11.5 Å². The van der Waals surface area contributed by atoms with Crippen molar-refractivity contribution in [2.45, 2.75) is 6.42 Å². The summed E-state index contributed by atoms with van der Waals surface area (Å²) in [4.78, 5) is 18.4. The lowest BCUT2D eigenvalue weighted by Crippen LogP contribution is -2.09. The summed E-state index contributed by atoms with van der Waals surface area (Å²) in [6.07, 6.45) is 3.39. The minimum atomic E-state index is -1.09. The summed E-state index contributed by atoms with van der Waals surface area (Å²) < 4.78 is 10.7. The summed E-state index contributed by atoms with van der Waals surface area (Å²) in [6.45, 7) is 1.21. The van der Waals surface area contributed by atoms with Crippen LogP contribution in [0.2, 0.25) is 0 Å². The second-order valence-corrected chi connectivity index (χ2v) is 4.40. The Morgan fingerprint density at radius 3 is 2.50 bits per heavy atom. The van der Waals surface area contributed by atoms with Crippen molar-refractivity contribution in [1.29, 1.82) is 0 Å². The molecule has 116 valence electrons. The number of rotatable bonds is 8. The molecule has 0 bridgehead atoms. The number of nitrogens with zero attached hydrogens (tertiary/aromatic N) is 2. The van der Waals surface area contributed by atoms with Gasteiger partial charge in [-0.1, -0.05) is 0 Å². The van der Waals surface area contributed by atoms with Crippen molar-refractivity contribution < 1.29 is 19.4 Å². The maximum absolute atomic E-state index is 10.6. The smallest absolute Gasteiger partial charge is 0.356 e. The van der Waals surface area contributed by atoms with E-state index in [2.05, 4.69) is 15.3 Å². The van der Waals surface area contributed by atoms with E-state index in [1.54, 1.807) is 7.11 Å². The zero-order valence-electron chi connectivity index (χ0n) is 12.2. The average molecular weight is 303 g/mol. The van der Waals surface area contributed by atoms with Crippen LogP contribution in [0, 0.1) is 0 Å². The number of nitrogens with one attached hydrogen (secondary N) is 1. The quantitative estimate of drug-likeness (QED) is 0.721. The van der Waals surface area contributed by atoms with Crippen LogP contribution in [-0.4, -0.2) is 41.3 Å². The molecule has 22 heavy (non-hydrogen) atoms. The molecule has 2 aromatic rings. The summed E-state index contributed by atoms with van der Waals surface area (Å²) in [7, 11) is 1.62. The summed E-state index contributed by atoms with van der Waals surface area (Å²) >= 11 is 0. The van der Waals surface area contributed by atoms with Crippen LogP contribution in [0.4, 0.5) is 5.82 Å². The van der Waals surface area contributed by atoms with Crippen molar-refractivity contribution in [2.24, 2.45) is 0 Å². The third-order valence-electron chi connectivity index (χ3n) is 2.83. The molecular weight excluding hydrogens is 286 g/mol. The minimum Gasteiger partial charge on any atom is -0.497 e. The minimum absolute atomic E-state index is 0.0756. The Morgan fingerprint density at radius 2 is 1.91 bits per heavy atom. The van der Waals surface area contributed by atoms with Gasteiger partial charge in [0.05, 0.1) is 26.1 Å². The molecule has 0 fully saturated rings. The van der Waals surface area contributed by atoms with Crippen LogP contribution in [0.1, 0.15) is 16.9 Å². The van der Waals surface area contributed by atoms with E-state index in [1.165, 1.54) is 12.4 Å². The number of benzene rings is 1. The van der Waals surface area contributed by atoms with Gasteiger partial charge in [0.1, 0.15) is 17.3 Å². The number of carboxylic acids is 1. The Labute approximate surface area is 127 Å². The van der Waals surface area contributed by atoms with E-state index in [0.29, 0.717) is 19.0 Å². The Balaban J connectivity index is 1.67. The lowest BCUT2D eigenvalue weighted by atomic mass is 10.3. The monoisotopic (exact) mass is 303 g/mol. The van der Waals surface area contributed by atoms with Crippen LogP contribution < -0.4 is 14.8 Å². The van der Waals surface area contributed by atoms with Gasteiger partial charge in [-0.25, -0.2) is 14.8 Å². The van der Waals surface area contributed by atoms with Gasteiger partial charge in [-0.15, -0.1) is 0 Å². The van der Waals surface area contributed by atoms with Gasteiger partial charge in [-0.05, 0) is 30.7 Å². The first-order valence-corrected chi connectivity index (χ1v) is 6.75. The number of ether oxygens (including phenoxy) is 2. The first-order chi connectivity index (χ1) is 10.7. The molecule has 7 heteroatoms. The van der Waals surface area contributed by atoms with Crippen molar-refractivity contribution in [3.63, 3.8) is 0 Å². The summed E-state index contributed by atoms with van der Waals surface area (Å²) in [5.74, 6) is 1.02. The molecule has 0 atom stereocenters. The van der Waals surface area contributed by atoms with E-state index in [-0.39, 0.29) is 5.69 Å². The van der Waals surface area contributed by atoms with Gasteiger partial charge >= 0.3 is 5.97 Å². The maximum Gasteiger partial charge on any atom is 0.356 e. The Hall–Kier alpha value is -2.83. The molecule has 1 heterocycles. The summed E-state index contributed by atoms with van der Waals surface area (Å²) in [5.41, 5.74) is -0.0756. The van der Waals surface area contributed by atoms with Crippen molar-refractivity contribution in [3.05, 3.63) is 42.4 Å². The molecule has 7 nitrogen and oxygen atoms in total. The van der Waals surface area contributed by atoms with E-state index in [0.717, 1.165) is 17.9 Å². The number of hydrogen-bond acceptors (Lipinski definition) is 6. The van der Waals surface area contributed by atoms with Gasteiger partial charge in [0.2, 0.25) is 0 Å². The molecule has 1 aromatic heterocycles. The highest BCUT2D eigenvalue weighted by molar-refractivity contribution is 5.84.